The van der Waals surface area contributed by atoms with Gasteiger partial charge in [-0.1, -0.05) is 42.5 Å². The third kappa shape index (κ3) is 3.46. The second-order valence-electron chi connectivity index (χ2n) is 7.25. The van der Waals surface area contributed by atoms with Crippen molar-refractivity contribution in [3.05, 3.63) is 96.1 Å². The Morgan fingerprint density at radius 2 is 1.33 bits per heavy atom. The molecule has 0 spiro atoms. The number of benzene rings is 4. The molecule has 0 saturated carbocycles. The molecule has 0 saturated heterocycles. The van der Waals surface area contributed by atoms with Gasteiger partial charge in [0.1, 0.15) is 0 Å². The average Bonchev–Trinajstić information content (AvgIpc) is 3.19. The van der Waals surface area contributed by atoms with Crippen molar-refractivity contribution in [3.8, 4) is 0 Å². The first-order valence-corrected chi connectivity index (χ1v) is 11.2. The van der Waals surface area contributed by atoms with Crippen molar-refractivity contribution in [1.82, 2.24) is 0 Å². The van der Waals surface area contributed by atoms with Crippen molar-refractivity contribution in [2.24, 2.45) is 10.2 Å². The first kappa shape index (κ1) is 18.5. The van der Waals surface area contributed by atoms with Gasteiger partial charge in [-0.2, -0.15) is 10.2 Å². The highest BCUT2D eigenvalue weighted by Gasteiger charge is 2.22. The normalized spacial score (nSPS) is 13.2. The van der Waals surface area contributed by atoms with Crippen LogP contribution in [0.15, 0.2) is 100 Å². The van der Waals surface area contributed by atoms with E-state index in [0.29, 0.717) is 16.3 Å². The molecule has 5 nitrogen and oxygen atoms in total. The lowest BCUT2D eigenvalue weighted by atomic mass is 10.1. The van der Waals surface area contributed by atoms with Crippen LogP contribution in [-0.2, 0) is 22.9 Å². The smallest absolute Gasteiger partial charge is 0.262 e. The zero-order valence-corrected chi connectivity index (χ0v) is 16.9. The van der Waals surface area contributed by atoms with Crippen LogP contribution in [-0.4, -0.2) is 8.42 Å². The Hall–Kier alpha value is -3.51. The zero-order valence-electron chi connectivity index (χ0n) is 16.1. The lowest BCUT2D eigenvalue weighted by Crippen LogP contribution is -2.13. The Labute approximate surface area is 175 Å². The zero-order chi connectivity index (χ0) is 20.6. The van der Waals surface area contributed by atoms with E-state index >= 15 is 0 Å². The van der Waals surface area contributed by atoms with Gasteiger partial charge in [-0.05, 0) is 71.8 Å². The van der Waals surface area contributed by atoms with Crippen LogP contribution in [0.4, 0.5) is 17.1 Å². The molecule has 30 heavy (non-hydrogen) atoms. The first-order chi connectivity index (χ1) is 14.6. The maximum Gasteiger partial charge on any atom is 0.262 e. The summed E-state index contributed by atoms with van der Waals surface area (Å²) in [6.45, 7) is 0. The predicted octanol–water partition coefficient (Wildman–Crippen LogP) is 6.15. The molecule has 1 aliphatic rings. The monoisotopic (exact) mass is 413 g/mol. The molecule has 148 valence electrons. The van der Waals surface area contributed by atoms with E-state index in [4.69, 9.17) is 0 Å². The maximum absolute atomic E-state index is 13.1. The fourth-order valence-corrected chi connectivity index (χ4v) is 5.13. The Bertz CT molecular complexity index is 1350. The van der Waals surface area contributed by atoms with Gasteiger partial charge in [0, 0.05) is 11.1 Å². The molecule has 5 rings (SSSR count). The minimum absolute atomic E-state index is 0.304. The van der Waals surface area contributed by atoms with Crippen molar-refractivity contribution < 1.29 is 8.42 Å². The van der Waals surface area contributed by atoms with Gasteiger partial charge in [0.05, 0.1) is 16.3 Å². The molecule has 0 heterocycles. The Morgan fingerprint density at radius 3 is 2.07 bits per heavy atom. The molecule has 0 radical (unpaired) electrons. The lowest BCUT2D eigenvalue weighted by Gasteiger charge is -2.12. The van der Waals surface area contributed by atoms with Gasteiger partial charge in [0.25, 0.3) is 10.0 Å². The van der Waals surface area contributed by atoms with Crippen LogP contribution in [0, 0.1) is 0 Å². The van der Waals surface area contributed by atoms with E-state index in [9.17, 15) is 8.42 Å². The molecule has 0 fully saturated rings. The number of rotatable bonds is 5. The van der Waals surface area contributed by atoms with Crippen molar-refractivity contribution >= 4 is 37.9 Å². The van der Waals surface area contributed by atoms with Crippen molar-refractivity contribution in [2.45, 2.75) is 17.7 Å². The topological polar surface area (TPSA) is 70.9 Å². The molecule has 4 aromatic rings. The minimum Gasteiger partial charge on any atom is -0.280 e. The highest BCUT2D eigenvalue weighted by Crippen LogP contribution is 2.35. The molecule has 0 aromatic heterocycles. The minimum atomic E-state index is -3.72. The van der Waals surface area contributed by atoms with Gasteiger partial charge in [0.2, 0.25) is 0 Å². The second-order valence-corrected chi connectivity index (χ2v) is 8.90. The summed E-state index contributed by atoms with van der Waals surface area (Å²) in [5.74, 6) is 0. The van der Waals surface area contributed by atoms with E-state index in [0.717, 1.165) is 29.3 Å². The fourth-order valence-electron chi connectivity index (χ4n) is 3.87. The standard InChI is InChI=1S/C24H19N3O2S/c28-30(29,23-16-11-18-10-9-17-5-4-8-22(23)24(17)18)27-21-14-12-20(13-15-21)26-25-19-6-2-1-3-7-19/h1-8,11-16,27H,9-10H2. The van der Waals surface area contributed by atoms with E-state index in [-0.39, 0.29) is 0 Å². The molecule has 0 bridgehead atoms. The number of nitrogens with zero attached hydrogens (tertiary/aromatic N) is 2. The summed E-state index contributed by atoms with van der Waals surface area (Å²) in [4.78, 5) is 0.304. The molecule has 1 aliphatic carbocycles. The second kappa shape index (κ2) is 7.39. The molecule has 1 N–H and O–H groups in total. The lowest BCUT2D eigenvalue weighted by molar-refractivity contribution is 0.602. The molecule has 0 unspecified atom stereocenters. The molecule has 4 aromatic carbocycles. The van der Waals surface area contributed by atoms with Crippen LogP contribution < -0.4 is 4.72 Å². The largest absolute Gasteiger partial charge is 0.280 e. The van der Waals surface area contributed by atoms with Crippen molar-refractivity contribution in [2.75, 3.05) is 4.72 Å². The average molecular weight is 414 g/mol. The van der Waals surface area contributed by atoms with E-state index < -0.39 is 10.0 Å². The molecule has 0 aliphatic heterocycles. The number of azo groups is 1. The van der Waals surface area contributed by atoms with Crippen LogP contribution in [0.25, 0.3) is 10.8 Å². The van der Waals surface area contributed by atoms with Gasteiger partial charge in [0.15, 0.2) is 0 Å². The summed E-state index contributed by atoms with van der Waals surface area (Å²) in [5, 5.41) is 10.2. The molecule has 6 heteroatoms. The number of anilines is 1. The number of nitrogens with one attached hydrogen (secondary N) is 1. The van der Waals surface area contributed by atoms with E-state index in [1.54, 1.807) is 30.3 Å². The summed E-state index contributed by atoms with van der Waals surface area (Å²) in [7, 11) is -3.72. The third-order valence-electron chi connectivity index (χ3n) is 5.28. The summed E-state index contributed by atoms with van der Waals surface area (Å²) < 4.78 is 28.9. The highest BCUT2D eigenvalue weighted by atomic mass is 32.2. The Kier molecular flexibility index (Phi) is 4.56. The Morgan fingerprint density at radius 1 is 0.667 bits per heavy atom. The highest BCUT2D eigenvalue weighted by molar-refractivity contribution is 7.93. The van der Waals surface area contributed by atoms with Gasteiger partial charge >= 0.3 is 0 Å². The Balaban J connectivity index is 1.41. The van der Waals surface area contributed by atoms with Gasteiger partial charge in [-0.15, -0.1) is 0 Å². The van der Waals surface area contributed by atoms with E-state index in [1.807, 2.05) is 48.5 Å². The van der Waals surface area contributed by atoms with Gasteiger partial charge in [-0.25, -0.2) is 8.42 Å². The number of hydrogen-bond donors (Lipinski definition) is 1. The SMILES string of the molecule is O=S(=O)(Nc1ccc(N=Nc2ccccc2)cc1)c1ccc2c3c(cccc13)CC2. The third-order valence-corrected chi connectivity index (χ3v) is 6.72. The van der Waals surface area contributed by atoms with Crippen LogP contribution in [0.5, 0.6) is 0 Å². The van der Waals surface area contributed by atoms with Gasteiger partial charge in [-0.3, -0.25) is 4.72 Å². The van der Waals surface area contributed by atoms with Gasteiger partial charge < -0.3 is 0 Å². The quantitative estimate of drug-likeness (QED) is 0.398. The first-order valence-electron chi connectivity index (χ1n) is 9.73. The van der Waals surface area contributed by atoms with Crippen LogP contribution >= 0.6 is 0 Å². The predicted molar refractivity (Wildman–Crippen MR) is 119 cm³/mol. The van der Waals surface area contributed by atoms with E-state index in [2.05, 4.69) is 21.0 Å². The maximum atomic E-state index is 13.1. The summed E-state index contributed by atoms with van der Waals surface area (Å²) in [5.41, 5.74) is 4.32. The van der Waals surface area contributed by atoms with Crippen LogP contribution in [0.2, 0.25) is 0 Å². The van der Waals surface area contributed by atoms with Crippen molar-refractivity contribution in [1.29, 1.82) is 0 Å². The van der Waals surface area contributed by atoms with E-state index in [1.165, 1.54) is 11.1 Å². The molecular formula is C24H19N3O2S. The molecule has 0 amide bonds. The van der Waals surface area contributed by atoms with Crippen LogP contribution in [0.1, 0.15) is 11.1 Å². The fraction of sp³-hybridized carbons (Fsp3) is 0.0833. The molecule has 0 atom stereocenters. The summed E-state index contributed by atoms with van der Waals surface area (Å²) >= 11 is 0. The van der Waals surface area contributed by atoms with Crippen molar-refractivity contribution in [3.63, 3.8) is 0 Å². The summed E-state index contributed by atoms with van der Waals surface area (Å²) in [6.07, 6.45) is 1.92. The van der Waals surface area contributed by atoms with Crippen LogP contribution in [0.3, 0.4) is 0 Å². The summed E-state index contributed by atoms with van der Waals surface area (Å²) in [6, 6.07) is 25.8. The number of aryl methyl sites for hydroxylation is 2. The number of hydrogen-bond acceptors (Lipinski definition) is 4. The molecular weight excluding hydrogens is 394 g/mol. The number of sulfonamides is 1.